The van der Waals surface area contributed by atoms with Crippen LogP contribution in [0.25, 0.3) is 0 Å². The summed E-state index contributed by atoms with van der Waals surface area (Å²) in [5, 5.41) is 0. The van der Waals surface area contributed by atoms with Crippen molar-refractivity contribution in [3.8, 4) is 0 Å². The number of rotatable bonds is 3. The van der Waals surface area contributed by atoms with Crippen molar-refractivity contribution in [1.29, 1.82) is 0 Å². The Bertz CT molecular complexity index is 269. The van der Waals surface area contributed by atoms with Gasteiger partial charge >= 0.3 is 0 Å². The van der Waals surface area contributed by atoms with Gasteiger partial charge in [-0.25, -0.2) is 0 Å². The van der Waals surface area contributed by atoms with E-state index < -0.39 is 0 Å². The fraction of sp³-hybridized carbons (Fsp3) is 0.733. The van der Waals surface area contributed by atoms with Crippen molar-refractivity contribution in [2.24, 2.45) is 11.8 Å². The molecule has 90 valence electrons. The van der Waals surface area contributed by atoms with Gasteiger partial charge < -0.3 is 4.74 Å². The summed E-state index contributed by atoms with van der Waals surface area (Å²) < 4.78 is 5.60. The number of allylic oxidation sites excluding steroid dienone is 2. The normalized spacial score (nSPS) is 34.9. The van der Waals surface area contributed by atoms with Gasteiger partial charge in [-0.2, -0.15) is 0 Å². The SMILES string of the molecule is CCOC1C=CC(C2CCC(C)CC2)=CC1. The van der Waals surface area contributed by atoms with Crippen molar-refractivity contribution in [3.63, 3.8) is 0 Å². The van der Waals surface area contributed by atoms with Crippen LogP contribution in [0.4, 0.5) is 0 Å². The maximum Gasteiger partial charge on any atom is 0.0793 e. The van der Waals surface area contributed by atoms with E-state index in [4.69, 9.17) is 4.74 Å². The predicted molar refractivity (Wildman–Crippen MR) is 68.4 cm³/mol. The van der Waals surface area contributed by atoms with Gasteiger partial charge in [0, 0.05) is 6.61 Å². The molecule has 0 radical (unpaired) electrons. The van der Waals surface area contributed by atoms with Gasteiger partial charge in [0.25, 0.3) is 0 Å². The number of hydrogen-bond acceptors (Lipinski definition) is 1. The first-order chi connectivity index (χ1) is 7.79. The van der Waals surface area contributed by atoms with Crippen molar-refractivity contribution in [2.75, 3.05) is 6.61 Å². The van der Waals surface area contributed by atoms with Crippen molar-refractivity contribution in [2.45, 2.75) is 52.1 Å². The molecule has 1 saturated carbocycles. The predicted octanol–water partition coefficient (Wildman–Crippen LogP) is 4.10. The third-order valence-corrected chi connectivity index (χ3v) is 3.96. The molecule has 0 aromatic rings. The minimum atomic E-state index is 0.330. The molecule has 1 unspecified atom stereocenters. The van der Waals surface area contributed by atoms with Crippen LogP contribution in [0.1, 0.15) is 46.0 Å². The van der Waals surface area contributed by atoms with Gasteiger partial charge in [-0.15, -0.1) is 0 Å². The fourth-order valence-electron chi connectivity index (χ4n) is 2.85. The Labute approximate surface area is 99.6 Å². The van der Waals surface area contributed by atoms with Crippen molar-refractivity contribution >= 4 is 0 Å². The van der Waals surface area contributed by atoms with E-state index in [1.165, 1.54) is 25.7 Å². The molecule has 1 atom stereocenters. The smallest absolute Gasteiger partial charge is 0.0793 e. The maximum absolute atomic E-state index is 5.60. The average Bonchev–Trinajstić information content (AvgIpc) is 2.32. The maximum atomic E-state index is 5.60. The molecule has 2 aliphatic rings. The molecular weight excluding hydrogens is 196 g/mol. The molecule has 2 aliphatic carbocycles. The van der Waals surface area contributed by atoms with Crippen molar-refractivity contribution in [1.82, 2.24) is 0 Å². The van der Waals surface area contributed by atoms with Crippen molar-refractivity contribution < 1.29 is 4.74 Å². The second kappa shape index (κ2) is 5.67. The summed E-state index contributed by atoms with van der Waals surface area (Å²) in [7, 11) is 0. The van der Waals surface area contributed by atoms with E-state index in [-0.39, 0.29) is 0 Å². The van der Waals surface area contributed by atoms with E-state index >= 15 is 0 Å². The lowest BCUT2D eigenvalue weighted by Crippen LogP contribution is -2.17. The van der Waals surface area contributed by atoms with Crippen LogP contribution in [0.15, 0.2) is 23.8 Å². The van der Waals surface area contributed by atoms with Gasteiger partial charge in [-0.05, 0) is 43.6 Å². The van der Waals surface area contributed by atoms with E-state index in [9.17, 15) is 0 Å². The lowest BCUT2D eigenvalue weighted by atomic mass is 9.78. The van der Waals surface area contributed by atoms with Gasteiger partial charge in [0.2, 0.25) is 0 Å². The van der Waals surface area contributed by atoms with E-state index in [0.717, 1.165) is 24.9 Å². The molecule has 0 aromatic carbocycles. The van der Waals surface area contributed by atoms with Crippen LogP contribution in [0.5, 0.6) is 0 Å². The molecule has 0 aliphatic heterocycles. The first-order valence-corrected chi connectivity index (χ1v) is 6.79. The highest BCUT2D eigenvalue weighted by molar-refractivity contribution is 5.27. The minimum Gasteiger partial charge on any atom is -0.374 e. The number of ether oxygens (including phenoxy) is 1. The van der Waals surface area contributed by atoms with Gasteiger partial charge in [-0.1, -0.05) is 38.0 Å². The van der Waals surface area contributed by atoms with E-state index in [1.807, 2.05) is 0 Å². The molecule has 2 rings (SSSR count). The Balaban J connectivity index is 1.86. The molecule has 0 aromatic heterocycles. The fourth-order valence-corrected chi connectivity index (χ4v) is 2.85. The Morgan fingerprint density at radius 2 is 2.00 bits per heavy atom. The molecule has 1 heteroatoms. The summed E-state index contributed by atoms with van der Waals surface area (Å²) in [6.07, 6.45) is 14.0. The molecule has 0 amide bonds. The molecule has 0 N–H and O–H groups in total. The minimum absolute atomic E-state index is 0.330. The van der Waals surface area contributed by atoms with E-state index in [2.05, 4.69) is 32.1 Å². The molecule has 1 fully saturated rings. The molecule has 0 saturated heterocycles. The van der Waals surface area contributed by atoms with Crippen LogP contribution in [0, 0.1) is 11.8 Å². The highest BCUT2D eigenvalue weighted by Gasteiger charge is 2.21. The summed E-state index contributed by atoms with van der Waals surface area (Å²) in [6.45, 7) is 5.27. The molecule has 0 bridgehead atoms. The number of hydrogen-bond donors (Lipinski definition) is 0. The largest absolute Gasteiger partial charge is 0.374 e. The summed E-state index contributed by atoms with van der Waals surface area (Å²) in [4.78, 5) is 0. The Kier molecular flexibility index (Phi) is 4.22. The molecule has 1 nitrogen and oxygen atoms in total. The molecule has 16 heavy (non-hydrogen) atoms. The quantitative estimate of drug-likeness (QED) is 0.695. The monoisotopic (exact) mass is 220 g/mol. The zero-order chi connectivity index (χ0) is 11.4. The topological polar surface area (TPSA) is 9.23 Å². The summed E-state index contributed by atoms with van der Waals surface area (Å²) in [6, 6.07) is 0. The lowest BCUT2D eigenvalue weighted by molar-refractivity contribution is 0.0971. The Morgan fingerprint density at radius 3 is 2.56 bits per heavy atom. The van der Waals surface area contributed by atoms with Gasteiger partial charge in [0.05, 0.1) is 6.10 Å². The molecular formula is C15H24O. The van der Waals surface area contributed by atoms with Gasteiger partial charge in [0.1, 0.15) is 0 Å². The van der Waals surface area contributed by atoms with Crippen LogP contribution in [0.2, 0.25) is 0 Å². The molecule has 0 spiro atoms. The van der Waals surface area contributed by atoms with Gasteiger partial charge in [0.15, 0.2) is 0 Å². The first-order valence-electron chi connectivity index (χ1n) is 6.79. The summed E-state index contributed by atoms with van der Waals surface area (Å²) in [5.41, 5.74) is 1.57. The van der Waals surface area contributed by atoms with Crippen LogP contribution in [-0.4, -0.2) is 12.7 Å². The van der Waals surface area contributed by atoms with Gasteiger partial charge in [-0.3, -0.25) is 0 Å². The average molecular weight is 220 g/mol. The highest BCUT2D eigenvalue weighted by atomic mass is 16.5. The van der Waals surface area contributed by atoms with E-state index in [1.54, 1.807) is 5.57 Å². The third kappa shape index (κ3) is 2.98. The first kappa shape index (κ1) is 11.9. The summed E-state index contributed by atoms with van der Waals surface area (Å²) >= 11 is 0. The molecule has 0 heterocycles. The second-order valence-electron chi connectivity index (χ2n) is 5.25. The van der Waals surface area contributed by atoms with Crippen molar-refractivity contribution in [3.05, 3.63) is 23.8 Å². The standard InChI is InChI=1S/C15H24O/c1-3-16-15-10-8-14(9-11-15)13-6-4-12(2)5-7-13/h8-10,12-13,15H,3-7,11H2,1-2H3. The highest BCUT2D eigenvalue weighted by Crippen LogP contribution is 2.34. The zero-order valence-electron chi connectivity index (χ0n) is 10.6. The van der Waals surface area contributed by atoms with Crippen LogP contribution in [0.3, 0.4) is 0 Å². The van der Waals surface area contributed by atoms with Crippen LogP contribution < -0.4 is 0 Å². The lowest BCUT2D eigenvalue weighted by Gasteiger charge is -2.29. The van der Waals surface area contributed by atoms with Crippen LogP contribution in [-0.2, 0) is 4.74 Å². The second-order valence-corrected chi connectivity index (χ2v) is 5.25. The zero-order valence-corrected chi connectivity index (χ0v) is 10.6. The summed E-state index contributed by atoms with van der Waals surface area (Å²) in [5.74, 6) is 1.77. The Morgan fingerprint density at radius 1 is 1.25 bits per heavy atom. The Hall–Kier alpha value is -0.560. The third-order valence-electron chi connectivity index (χ3n) is 3.96. The van der Waals surface area contributed by atoms with Crippen LogP contribution >= 0.6 is 0 Å². The van der Waals surface area contributed by atoms with E-state index in [0.29, 0.717) is 6.10 Å².